The number of carbonyl (C=O) groups excluding carboxylic acids is 1. The molecular formula is C19H15F3N2O2. The summed E-state index contributed by atoms with van der Waals surface area (Å²) >= 11 is 0. The number of aromatic nitrogens is 1. The van der Waals surface area contributed by atoms with Crippen LogP contribution in [0.4, 0.5) is 24.5 Å². The van der Waals surface area contributed by atoms with Crippen LogP contribution in [-0.2, 0) is 10.9 Å². The molecule has 26 heavy (non-hydrogen) atoms. The van der Waals surface area contributed by atoms with Gasteiger partial charge in [-0.15, -0.1) is 0 Å². The normalized spacial score (nSPS) is 11.4. The zero-order chi connectivity index (χ0) is 18.7. The Morgan fingerprint density at radius 3 is 2.46 bits per heavy atom. The molecule has 2 aromatic carbocycles. The number of para-hydroxylation sites is 1. The molecule has 1 aromatic heterocycles. The summed E-state index contributed by atoms with van der Waals surface area (Å²) in [5.74, 6) is -0.555. The lowest BCUT2D eigenvalue weighted by Crippen LogP contribution is -2.09. The van der Waals surface area contributed by atoms with E-state index >= 15 is 0 Å². The molecule has 0 unspecified atom stereocenters. The Bertz CT molecular complexity index is 938. The number of carbonyl (C=O) groups is 1. The molecule has 1 heterocycles. The molecule has 7 heteroatoms. The van der Waals surface area contributed by atoms with Crippen LogP contribution in [0.3, 0.4) is 0 Å². The number of hydrogen-bond donors (Lipinski definition) is 1. The third-order valence-corrected chi connectivity index (χ3v) is 3.75. The highest BCUT2D eigenvalue weighted by Gasteiger charge is 2.30. The standard InChI is InChI=1S/C19H15F3N2O2/c1-2-26-18(25)15-11-23-16-6-4-3-5-14(16)17(15)24-13-9-7-12(8-10-13)19(20,21)22/h3-11H,2H2,1H3,(H,23,24). The van der Waals surface area contributed by atoms with Crippen LogP contribution in [0.25, 0.3) is 10.9 Å². The van der Waals surface area contributed by atoms with E-state index in [2.05, 4.69) is 10.3 Å². The molecule has 134 valence electrons. The zero-order valence-corrected chi connectivity index (χ0v) is 13.8. The van der Waals surface area contributed by atoms with Gasteiger partial charge in [0.1, 0.15) is 5.56 Å². The van der Waals surface area contributed by atoms with E-state index in [0.29, 0.717) is 22.3 Å². The van der Waals surface area contributed by atoms with Gasteiger partial charge in [0.2, 0.25) is 0 Å². The van der Waals surface area contributed by atoms with Crippen LogP contribution in [0.1, 0.15) is 22.8 Å². The highest BCUT2D eigenvalue weighted by atomic mass is 19.4. The van der Waals surface area contributed by atoms with E-state index < -0.39 is 17.7 Å². The molecule has 0 saturated carbocycles. The van der Waals surface area contributed by atoms with Gasteiger partial charge in [-0.2, -0.15) is 13.2 Å². The second kappa shape index (κ2) is 7.03. The summed E-state index contributed by atoms with van der Waals surface area (Å²) in [4.78, 5) is 16.5. The van der Waals surface area contributed by atoms with Crippen molar-refractivity contribution in [2.45, 2.75) is 13.1 Å². The van der Waals surface area contributed by atoms with Gasteiger partial charge in [-0.1, -0.05) is 18.2 Å². The third-order valence-electron chi connectivity index (χ3n) is 3.75. The second-order valence-electron chi connectivity index (χ2n) is 5.48. The largest absolute Gasteiger partial charge is 0.462 e. The van der Waals surface area contributed by atoms with Crippen molar-refractivity contribution in [2.24, 2.45) is 0 Å². The van der Waals surface area contributed by atoms with Crippen LogP contribution in [0, 0.1) is 0 Å². The highest BCUT2D eigenvalue weighted by molar-refractivity contribution is 6.05. The molecule has 0 spiro atoms. The number of anilines is 2. The van der Waals surface area contributed by atoms with Crippen LogP contribution in [0.5, 0.6) is 0 Å². The van der Waals surface area contributed by atoms with Gasteiger partial charge in [-0.3, -0.25) is 4.98 Å². The molecule has 0 bridgehead atoms. The molecule has 0 amide bonds. The Hall–Kier alpha value is -3.09. The molecule has 0 fully saturated rings. The Morgan fingerprint density at radius 2 is 1.81 bits per heavy atom. The first-order chi connectivity index (χ1) is 12.4. The Balaban J connectivity index is 2.05. The average Bonchev–Trinajstić information content (AvgIpc) is 2.62. The summed E-state index contributed by atoms with van der Waals surface area (Å²) in [6.07, 6.45) is -3.01. The number of ether oxygens (including phenoxy) is 1. The first kappa shape index (κ1) is 17.7. The number of rotatable bonds is 4. The van der Waals surface area contributed by atoms with E-state index in [4.69, 9.17) is 4.74 Å². The Kier molecular flexibility index (Phi) is 4.79. The Labute approximate surface area is 147 Å². The fraction of sp³-hybridized carbons (Fsp3) is 0.158. The SMILES string of the molecule is CCOC(=O)c1cnc2ccccc2c1Nc1ccc(C(F)(F)F)cc1. The maximum absolute atomic E-state index is 12.7. The summed E-state index contributed by atoms with van der Waals surface area (Å²) in [6, 6.07) is 11.7. The van der Waals surface area contributed by atoms with Crippen molar-refractivity contribution in [1.29, 1.82) is 0 Å². The summed E-state index contributed by atoms with van der Waals surface area (Å²) in [5, 5.41) is 3.69. The molecule has 1 N–H and O–H groups in total. The highest BCUT2D eigenvalue weighted by Crippen LogP contribution is 2.32. The summed E-state index contributed by atoms with van der Waals surface area (Å²) < 4.78 is 43.2. The van der Waals surface area contributed by atoms with Gasteiger partial charge in [-0.25, -0.2) is 4.79 Å². The minimum absolute atomic E-state index is 0.200. The monoisotopic (exact) mass is 360 g/mol. The molecule has 0 saturated heterocycles. The van der Waals surface area contributed by atoms with Crippen molar-refractivity contribution < 1.29 is 22.7 Å². The quantitative estimate of drug-likeness (QED) is 0.652. The molecular weight excluding hydrogens is 345 g/mol. The number of hydrogen-bond acceptors (Lipinski definition) is 4. The van der Waals surface area contributed by atoms with E-state index in [1.807, 2.05) is 0 Å². The average molecular weight is 360 g/mol. The third kappa shape index (κ3) is 3.61. The number of nitrogens with one attached hydrogen (secondary N) is 1. The van der Waals surface area contributed by atoms with E-state index in [1.165, 1.54) is 18.3 Å². The number of benzene rings is 2. The predicted octanol–water partition coefficient (Wildman–Crippen LogP) is 5.17. The summed E-state index contributed by atoms with van der Waals surface area (Å²) in [5.41, 5.74) is 0.974. The van der Waals surface area contributed by atoms with Crippen LogP contribution in [0.2, 0.25) is 0 Å². The molecule has 3 aromatic rings. The van der Waals surface area contributed by atoms with Crippen molar-refractivity contribution in [1.82, 2.24) is 4.98 Å². The first-order valence-corrected chi connectivity index (χ1v) is 7.89. The maximum Gasteiger partial charge on any atom is 0.416 e. The number of halogens is 3. The van der Waals surface area contributed by atoms with Crippen molar-refractivity contribution in [3.8, 4) is 0 Å². The van der Waals surface area contributed by atoms with Gasteiger partial charge in [-0.05, 0) is 37.3 Å². The predicted molar refractivity (Wildman–Crippen MR) is 92.4 cm³/mol. The van der Waals surface area contributed by atoms with Crippen molar-refractivity contribution in [3.63, 3.8) is 0 Å². The number of esters is 1. The molecule has 0 radical (unpaired) electrons. The first-order valence-electron chi connectivity index (χ1n) is 7.89. The number of nitrogens with zero attached hydrogens (tertiary/aromatic N) is 1. The van der Waals surface area contributed by atoms with Gasteiger partial charge < -0.3 is 10.1 Å². The summed E-state index contributed by atoms with van der Waals surface area (Å²) in [6.45, 7) is 1.89. The fourth-order valence-electron chi connectivity index (χ4n) is 2.53. The molecule has 4 nitrogen and oxygen atoms in total. The fourth-order valence-corrected chi connectivity index (χ4v) is 2.53. The smallest absolute Gasteiger partial charge is 0.416 e. The molecule has 0 aliphatic carbocycles. The molecule has 0 atom stereocenters. The maximum atomic E-state index is 12.7. The lowest BCUT2D eigenvalue weighted by molar-refractivity contribution is -0.137. The minimum atomic E-state index is -4.40. The number of fused-ring (bicyclic) bond motifs is 1. The van der Waals surface area contributed by atoms with Crippen LogP contribution < -0.4 is 5.32 Å². The van der Waals surface area contributed by atoms with Crippen LogP contribution in [0.15, 0.2) is 54.7 Å². The van der Waals surface area contributed by atoms with E-state index in [-0.39, 0.29) is 12.2 Å². The van der Waals surface area contributed by atoms with Crippen molar-refractivity contribution in [3.05, 3.63) is 65.9 Å². The lowest BCUT2D eigenvalue weighted by atomic mass is 10.1. The minimum Gasteiger partial charge on any atom is -0.462 e. The van der Waals surface area contributed by atoms with Crippen molar-refractivity contribution in [2.75, 3.05) is 11.9 Å². The Morgan fingerprint density at radius 1 is 1.12 bits per heavy atom. The van der Waals surface area contributed by atoms with Crippen LogP contribution >= 0.6 is 0 Å². The van der Waals surface area contributed by atoms with Gasteiger partial charge >= 0.3 is 12.1 Å². The van der Waals surface area contributed by atoms with E-state index in [9.17, 15) is 18.0 Å². The van der Waals surface area contributed by atoms with Gasteiger partial charge in [0.25, 0.3) is 0 Å². The van der Waals surface area contributed by atoms with E-state index in [0.717, 1.165) is 12.1 Å². The number of pyridine rings is 1. The van der Waals surface area contributed by atoms with E-state index in [1.54, 1.807) is 31.2 Å². The van der Waals surface area contributed by atoms with Crippen molar-refractivity contribution >= 4 is 28.2 Å². The number of alkyl halides is 3. The van der Waals surface area contributed by atoms with Crippen LogP contribution in [-0.4, -0.2) is 17.6 Å². The topological polar surface area (TPSA) is 51.2 Å². The zero-order valence-electron chi connectivity index (χ0n) is 13.8. The second-order valence-corrected chi connectivity index (χ2v) is 5.48. The summed E-state index contributed by atoms with van der Waals surface area (Å²) in [7, 11) is 0. The molecule has 0 aliphatic heterocycles. The van der Waals surface area contributed by atoms with Gasteiger partial charge in [0, 0.05) is 17.3 Å². The van der Waals surface area contributed by atoms with Gasteiger partial charge in [0.05, 0.1) is 23.4 Å². The molecule has 3 rings (SSSR count). The lowest BCUT2D eigenvalue weighted by Gasteiger charge is -2.15. The molecule has 0 aliphatic rings. The van der Waals surface area contributed by atoms with Gasteiger partial charge in [0.15, 0.2) is 0 Å².